The van der Waals surface area contributed by atoms with Crippen LogP contribution < -0.4 is 4.74 Å². The Morgan fingerprint density at radius 2 is 1.67 bits per heavy atom. The summed E-state index contributed by atoms with van der Waals surface area (Å²) in [5.41, 5.74) is 0.649. The summed E-state index contributed by atoms with van der Waals surface area (Å²) in [6.45, 7) is 2.96. The summed E-state index contributed by atoms with van der Waals surface area (Å²) >= 11 is 0. The third-order valence-corrected chi connectivity index (χ3v) is 4.52. The van der Waals surface area contributed by atoms with Gasteiger partial charge in [-0.1, -0.05) is 18.2 Å². The summed E-state index contributed by atoms with van der Waals surface area (Å²) in [6.07, 6.45) is 0. The molecule has 7 heteroatoms. The quantitative estimate of drug-likeness (QED) is 0.827. The molecule has 0 aromatic heterocycles. The summed E-state index contributed by atoms with van der Waals surface area (Å²) in [4.78, 5) is 27.7. The smallest absolute Gasteiger partial charge is 0.260 e. The Morgan fingerprint density at radius 3 is 2.37 bits per heavy atom. The van der Waals surface area contributed by atoms with Crippen molar-refractivity contribution in [2.24, 2.45) is 0 Å². The molecule has 142 valence electrons. The number of aryl methyl sites for hydroxylation is 1. The average molecular weight is 374 g/mol. The molecule has 2 aromatic carbocycles. The lowest BCUT2D eigenvalue weighted by molar-refractivity contribution is -0.134. The number of nitrogens with zero attached hydrogens (tertiary/aromatic N) is 2. The average Bonchev–Trinajstić information content (AvgIpc) is 2.68. The van der Waals surface area contributed by atoms with Gasteiger partial charge in [0, 0.05) is 26.2 Å². The Morgan fingerprint density at radius 1 is 1.00 bits per heavy atom. The zero-order chi connectivity index (χ0) is 19.4. The first-order chi connectivity index (χ1) is 13.0. The molecular formula is C20H20F2N2O3. The molecule has 27 heavy (non-hydrogen) atoms. The van der Waals surface area contributed by atoms with Crippen LogP contribution in [0.5, 0.6) is 5.75 Å². The lowest BCUT2D eigenvalue weighted by atomic mass is 10.1. The SMILES string of the molecule is Cc1ccccc1OCC(=O)N1CCN(C(=O)c2cc(F)ccc2F)CC1. The van der Waals surface area contributed by atoms with Crippen LogP contribution >= 0.6 is 0 Å². The van der Waals surface area contributed by atoms with Crippen LogP contribution in [0.3, 0.4) is 0 Å². The second kappa shape index (κ2) is 8.16. The molecule has 0 N–H and O–H groups in total. The van der Waals surface area contributed by atoms with Gasteiger partial charge in [-0.05, 0) is 36.8 Å². The molecule has 2 amide bonds. The Kier molecular flexibility index (Phi) is 5.69. The first kappa shape index (κ1) is 18.8. The van der Waals surface area contributed by atoms with Crippen molar-refractivity contribution in [3.05, 3.63) is 65.2 Å². The van der Waals surface area contributed by atoms with Crippen LogP contribution in [0.4, 0.5) is 8.78 Å². The predicted octanol–water partition coefficient (Wildman–Crippen LogP) is 2.64. The number of carbonyl (C=O) groups excluding carboxylic acids is 2. The normalized spacial score (nSPS) is 14.2. The maximum atomic E-state index is 13.8. The number of hydrogen-bond acceptors (Lipinski definition) is 3. The van der Waals surface area contributed by atoms with Crippen LogP contribution in [-0.4, -0.2) is 54.4 Å². The van der Waals surface area contributed by atoms with Crippen LogP contribution in [0.25, 0.3) is 0 Å². The van der Waals surface area contributed by atoms with E-state index in [9.17, 15) is 18.4 Å². The first-order valence-corrected chi connectivity index (χ1v) is 8.66. The van der Waals surface area contributed by atoms with E-state index in [1.165, 1.54) is 4.90 Å². The minimum Gasteiger partial charge on any atom is -0.484 e. The zero-order valence-electron chi connectivity index (χ0n) is 15.0. The highest BCUT2D eigenvalue weighted by Gasteiger charge is 2.26. The fraction of sp³-hybridized carbons (Fsp3) is 0.300. The van der Waals surface area contributed by atoms with Gasteiger partial charge >= 0.3 is 0 Å². The second-order valence-corrected chi connectivity index (χ2v) is 6.35. The van der Waals surface area contributed by atoms with E-state index in [-0.39, 0.29) is 31.2 Å². The Labute approximate surface area is 156 Å². The topological polar surface area (TPSA) is 49.9 Å². The van der Waals surface area contributed by atoms with E-state index < -0.39 is 17.5 Å². The van der Waals surface area contributed by atoms with Crippen LogP contribution in [0.15, 0.2) is 42.5 Å². The third-order valence-electron chi connectivity index (χ3n) is 4.52. The molecule has 3 rings (SSSR count). The largest absolute Gasteiger partial charge is 0.484 e. The summed E-state index contributed by atoms with van der Waals surface area (Å²) in [6, 6.07) is 10.2. The Balaban J connectivity index is 1.54. The van der Waals surface area contributed by atoms with Gasteiger partial charge in [0.05, 0.1) is 5.56 Å². The minimum absolute atomic E-state index is 0.0860. The highest BCUT2D eigenvalue weighted by molar-refractivity contribution is 5.94. The van der Waals surface area contributed by atoms with E-state index >= 15 is 0 Å². The number of carbonyl (C=O) groups is 2. The highest BCUT2D eigenvalue weighted by Crippen LogP contribution is 2.17. The van der Waals surface area contributed by atoms with Crippen molar-refractivity contribution in [2.75, 3.05) is 32.8 Å². The molecule has 1 aliphatic rings. The fourth-order valence-electron chi connectivity index (χ4n) is 2.94. The van der Waals surface area contributed by atoms with Gasteiger partial charge in [0.1, 0.15) is 17.4 Å². The molecule has 0 aliphatic carbocycles. The van der Waals surface area contributed by atoms with Gasteiger partial charge in [0.15, 0.2) is 6.61 Å². The molecule has 1 fully saturated rings. The molecule has 1 aliphatic heterocycles. The van der Waals surface area contributed by atoms with Gasteiger partial charge in [-0.2, -0.15) is 0 Å². The zero-order valence-corrected chi connectivity index (χ0v) is 15.0. The Hall–Kier alpha value is -2.96. The minimum atomic E-state index is -0.758. The van der Waals surface area contributed by atoms with Crippen molar-refractivity contribution in [3.63, 3.8) is 0 Å². The summed E-state index contributed by atoms with van der Waals surface area (Å²) in [5.74, 6) is -1.52. The van der Waals surface area contributed by atoms with E-state index in [4.69, 9.17) is 4.74 Å². The van der Waals surface area contributed by atoms with Crippen LogP contribution in [0.2, 0.25) is 0 Å². The number of amides is 2. The maximum Gasteiger partial charge on any atom is 0.260 e. The van der Waals surface area contributed by atoms with E-state index in [0.29, 0.717) is 18.8 Å². The molecule has 1 saturated heterocycles. The molecule has 2 aromatic rings. The van der Waals surface area contributed by atoms with Crippen molar-refractivity contribution in [2.45, 2.75) is 6.92 Å². The number of halogens is 2. The fourth-order valence-corrected chi connectivity index (χ4v) is 2.94. The third kappa shape index (κ3) is 4.42. The highest BCUT2D eigenvalue weighted by atomic mass is 19.1. The standard InChI is InChI=1S/C20H20F2N2O3/c1-14-4-2-3-5-18(14)27-13-19(25)23-8-10-24(11-9-23)20(26)16-12-15(21)6-7-17(16)22/h2-7,12H,8-11,13H2,1H3. The number of benzene rings is 2. The van der Waals surface area contributed by atoms with Gasteiger partial charge in [-0.25, -0.2) is 8.78 Å². The number of ether oxygens (including phenoxy) is 1. The summed E-state index contributed by atoms with van der Waals surface area (Å²) < 4.78 is 32.6. The molecule has 0 unspecified atom stereocenters. The van der Waals surface area contributed by atoms with Gasteiger partial charge in [0.2, 0.25) is 0 Å². The van der Waals surface area contributed by atoms with Crippen LogP contribution in [0.1, 0.15) is 15.9 Å². The summed E-state index contributed by atoms with van der Waals surface area (Å²) in [5, 5.41) is 0. The van der Waals surface area contributed by atoms with E-state index in [0.717, 1.165) is 23.8 Å². The first-order valence-electron chi connectivity index (χ1n) is 8.66. The van der Waals surface area contributed by atoms with E-state index in [1.54, 1.807) is 11.0 Å². The van der Waals surface area contributed by atoms with Crippen LogP contribution in [-0.2, 0) is 4.79 Å². The van der Waals surface area contributed by atoms with Gasteiger partial charge in [-0.3, -0.25) is 9.59 Å². The van der Waals surface area contributed by atoms with Gasteiger partial charge in [-0.15, -0.1) is 0 Å². The monoisotopic (exact) mass is 374 g/mol. The molecule has 0 bridgehead atoms. The predicted molar refractivity (Wildman–Crippen MR) is 95.5 cm³/mol. The molecule has 0 atom stereocenters. The number of para-hydroxylation sites is 1. The number of rotatable bonds is 4. The molecule has 5 nitrogen and oxygen atoms in total. The van der Waals surface area contributed by atoms with Gasteiger partial charge in [0.25, 0.3) is 11.8 Å². The van der Waals surface area contributed by atoms with Crippen molar-refractivity contribution in [1.82, 2.24) is 9.80 Å². The van der Waals surface area contributed by atoms with Crippen molar-refractivity contribution < 1.29 is 23.1 Å². The second-order valence-electron chi connectivity index (χ2n) is 6.35. The molecule has 1 heterocycles. The number of hydrogen-bond donors (Lipinski definition) is 0. The Bertz CT molecular complexity index is 849. The van der Waals surface area contributed by atoms with Crippen LogP contribution in [0, 0.1) is 18.6 Å². The molecular weight excluding hydrogens is 354 g/mol. The van der Waals surface area contributed by atoms with E-state index in [1.807, 2.05) is 25.1 Å². The molecule has 0 saturated carbocycles. The lowest BCUT2D eigenvalue weighted by Crippen LogP contribution is -2.51. The van der Waals surface area contributed by atoms with Crippen molar-refractivity contribution in [3.8, 4) is 5.75 Å². The van der Waals surface area contributed by atoms with Crippen molar-refractivity contribution >= 4 is 11.8 Å². The lowest BCUT2D eigenvalue weighted by Gasteiger charge is -2.34. The number of piperazine rings is 1. The molecule has 0 radical (unpaired) electrons. The van der Waals surface area contributed by atoms with E-state index in [2.05, 4.69) is 0 Å². The molecule has 0 spiro atoms. The maximum absolute atomic E-state index is 13.8. The summed E-state index contributed by atoms with van der Waals surface area (Å²) in [7, 11) is 0. The van der Waals surface area contributed by atoms with Gasteiger partial charge < -0.3 is 14.5 Å². The van der Waals surface area contributed by atoms with Crippen molar-refractivity contribution in [1.29, 1.82) is 0 Å².